The third-order valence-corrected chi connectivity index (χ3v) is 3.99. The van der Waals surface area contributed by atoms with Gasteiger partial charge in [-0.3, -0.25) is 4.90 Å². The van der Waals surface area contributed by atoms with Gasteiger partial charge in [0.05, 0.1) is 26.9 Å². The normalized spacial score (nSPS) is 19.2. The van der Waals surface area contributed by atoms with E-state index in [-0.39, 0.29) is 0 Å². The van der Waals surface area contributed by atoms with Crippen LogP contribution in [0.3, 0.4) is 0 Å². The topological polar surface area (TPSA) is 30.9 Å². The first-order valence-electron chi connectivity index (χ1n) is 7.73. The molecule has 21 heavy (non-hydrogen) atoms. The van der Waals surface area contributed by atoms with E-state index in [9.17, 15) is 0 Å². The van der Waals surface area contributed by atoms with Crippen molar-refractivity contribution in [3.8, 4) is 11.5 Å². The number of ether oxygens (including phenoxy) is 3. The van der Waals surface area contributed by atoms with Gasteiger partial charge in [-0.1, -0.05) is 6.07 Å². The van der Waals surface area contributed by atoms with E-state index in [1.807, 2.05) is 12.1 Å². The summed E-state index contributed by atoms with van der Waals surface area (Å²) in [6.07, 6.45) is 2.69. The van der Waals surface area contributed by atoms with Crippen LogP contribution in [0.4, 0.5) is 0 Å². The van der Waals surface area contributed by atoms with E-state index in [4.69, 9.17) is 14.2 Å². The summed E-state index contributed by atoms with van der Waals surface area (Å²) in [4.78, 5) is 2.49. The van der Waals surface area contributed by atoms with E-state index in [1.54, 1.807) is 14.2 Å². The molecule has 1 aliphatic heterocycles. The van der Waals surface area contributed by atoms with Crippen LogP contribution in [0.15, 0.2) is 18.2 Å². The highest BCUT2D eigenvalue weighted by molar-refractivity contribution is 5.42. The van der Waals surface area contributed by atoms with Gasteiger partial charge in [0, 0.05) is 24.2 Å². The Balaban J connectivity index is 2.08. The van der Waals surface area contributed by atoms with E-state index in [0.717, 1.165) is 31.2 Å². The molecule has 1 aromatic rings. The fourth-order valence-electron chi connectivity index (χ4n) is 2.95. The molecule has 0 aliphatic carbocycles. The van der Waals surface area contributed by atoms with Crippen molar-refractivity contribution in [3.05, 3.63) is 23.8 Å². The Morgan fingerprint density at radius 3 is 2.71 bits per heavy atom. The lowest BCUT2D eigenvalue weighted by Gasteiger charge is -2.26. The lowest BCUT2D eigenvalue weighted by atomic mass is 10.0. The summed E-state index contributed by atoms with van der Waals surface area (Å²) in [6, 6.07) is 6.53. The average Bonchev–Trinajstić information content (AvgIpc) is 2.94. The van der Waals surface area contributed by atoms with E-state index in [1.165, 1.54) is 18.4 Å². The highest BCUT2D eigenvalue weighted by Gasteiger charge is 2.28. The minimum Gasteiger partial charge on any atom is -0.497 e. The predicted molar refractivity (Wildman–Crippen MR) is 84.2 cm³/mol. The molecular formula is C17H27NO3. The van der Waals surface area contributed by atoms with Gasteiger partial charge < -0.3 is 14.2 Å². The van der Waals surface area contributed by atoms with Gasteiger partial charge in [0.15, 0.2) is 0 Å². The Morgan fingerprint density at radius 2 is 2.05 bits per heavy atom. The fourth-order valence-corrected chi connectivity index (χ4v) is 2.95. The Morgan fingerprint density at radius 1 is 1.24 bits per heavy atom. The molecule has 1 unspecified atom stereocenters. The number of hydrogen-bond donors (Lipinski definition) is 0. The fraction of sp³-hybridized carbons (Fsp3) is 0.647. The third kappa shape index (κ3) is 4.11. The largest absolute Gasteiger partial charge is 0.497 e. The zero-order valence-corrected chi connectivity index (χ0v) is 13.6. The Kier molecular flexibility index (Phi) is 5.88. The second kappa shape index (κ2) is 7.66. The van der Waals surface area contributed by atoms with Gasteiger partial charge in [-0.25, -0.2) is 0 Å². The van der Waals surface area contributed by atoms with Crippen LogP contribution in [0.1, 0.15) is 38.3 Å². The molecule has 1 fully saturated rings. The summed E-state index contributed by atoms with van der Waals surface area (Å²) < 4.78 is 16.5. The van der Waals surface area contributed by atoms with Crippen LogP contribution in [0.5, 0.6) is 11.5 Å². The molecule has 1 atom stereocenters. The highest BCUT2D eigenvalue weighted by atomic mass is 16.5. The number of nitrogens with zero attached hydrogens (tertiary/aromatic N) is 1. The van der Waals surface area contributed by atoms with Crippen LogP contribution >= 0.6 is 0 Å². The van der Waals surface area contributed by atoms with Gasteiger partial charge in [0.25, 0.3) is 0 Å². The van der Waals surface area contributed by atoms with Gasteiger partial charge in [-0.15, -0.1) is 0 Å². The molecule has 4 heteroatoms. The molecule has 118 valence electrons. The summed E-state index contributed by atoms with van der Waals surface area (Å²) in [7, 11) is 3.40. The summed E-state index contributed by atoms with van der Waals surface area (Å²) in [6.45, 7) is 7.04. The summed E-state index contributed by atoms with van der Waals surface area (Å²) in [5, 5.41) is 0. The maximum atomic E-state index is 5.69. The molecule has 0 spiro atoms. The first kappa shape index (κ1) is 16.1. The van der Waals surface area contributed by atoms with Crippen LogP contribution in [-0.2, 0) is 4.74 Å². The molecule has 0 N–H and O–H groups in total. The van der Waals surface area contributed by atoms with Crippen LogP contribution in [0.2, 0.25) is 0 Å². The maximum absolute atomic E-state index is 5.69. The molecule has 1 aliphatic rings. The van der Waals surface area contributed by atoms with Crippen LogP contribution in [-0.4, -0.2) is 44.9 Å². The Bertz CT molecular complexity index is 448. The Labute approximate surface area is 128 Å². The maximum Gasteiger partial charge on any atom is 0.127 e. The van der Waals surface area contributed by atoms with Crippen molar-refractivity contribution < 1.29 is 14.2 Å². The molecule has 2 rings (SSSR count). The van der Waals surface area contributed by atoms with Crippen molar-refractivity contribution in [2.45, 2.75) is 38.8 Å². The molecule has 0 radical (unpaired) electrons. The summed E-state index contributed by atoms with van der Waals surface area (Å²) >= 11 is 0. The zero-order valence-electron chi connectivity index (χ0n) is 13.6. The van der Waals surface area contributed by atoms with Crippen molar-refractivity contribution in [2.75, 3.05) is 33.9 Å². The molecule has 1 heterocycles. The lowest BCUT2D eigenvalue weighted by Crippen LogP contribution is -2.28. The molecule has 1 aromatic carbocycles. The minimum absolute atomic E-state index is 0.293. The monoisotopic (exact) mass is 293 g/mol. The Hall–Kier alpha value is -1.26. The van der Waals surface area contributed by atoms with Crippen LogP contribution in [0.25, 0.3) is 0 Å². The molecule has 0 bridgehead atoms. The summed E-state index contributed by atoms with van der Waals surface area (Å²) in [5.74, 6) is 1.75. The van der Waals surface area contributed by atoms with Gasteiger partial charge in [-0.2, -0.15) is 0 Å². The molecule has 0 saturated carbocycles. The highest BCUT2D eigenvalue weighted by Crippen LogP contribution is 2.38. The average molecular weight is 293 g/mol. The van der Waals surface area contributed by atoms with Crippen LogP contribution < -0.4 is 9.47 Å². The van der Waals surface area contributed by atoms with E-state index in [2.05, 4.69) is 24.8 Å². The molecular weight excluding hydrogens is 266 g/mol. The van der Waals surface area contributed by atoms with Crippen molar-refractivity contribution >= 4 is 0 Å². The molecule has 0 aromatic heterocycles. The zero-order chi connectivity index (χ0) is 15.2. The van der Waals surface area contributed by atoms with E-state index in [0.29, 0.717) is 12.1 Å². The first-order valence-corrected chi connectivity index (χ1v) is 7.73. The van der Waals surface area contributed by atoms with Crippen molar-refractivity contribution in [3.63, 3.8) is 0 Å². The van der Waals surface area contributed by atoms with Crippen molar-refractivity contribution in [1.82, 2.24) is 4.90 Å². The van der Waals surface area contributed by atoms with Crippen molar-refractivity contribution in [2.24, 2.45) is 0 Å². The first-order chi connectivity index (χ1) is 10.2. The van der Waals surface area contributed by atoms with E-state index < -0.39 is 0 Å². The number of rotatable bonds is 7. The standard InChI is InChI=1S/C17H27NO3/c1-13(2)21-11-10-18-9-5-6-16(18)15-8-7-14(19-3)12-17(15)20-4/h7-8,12-13,16H,5-6,9-11H2,1-4H3. The summed E-state index contributed by atoms with van der Waals surface area (Å²) in [5.41, 5.74) is 1.25. The van der Waals surface area contributed by atoms with Crippen LogP contribution in [0, 0.1) is 0 Å². The second-order valence-corrected chi connectivity index (χ2v) is 5.72. The second-order valence-electron chi connectivity index (χ2n) is 5.72. The quantitative estimate of drug-likeness (QED) is 0.772. The lowest BCUT2D eigenvalue weighted by molar-refractivity contribution is 0.0561. The number of benzene rings is 1. The molecule has 4 nitrogen and oxygen atoms in total. The third-order valence-electron chi connectivity index (χ3n) is 3.99. The van der Waals surface area contributed by atoms with Gasteiger partial charge in [-0.05, 0) is 39.3 Å². The smallest absolute Gasteiger partial charge is 0.127 e. The molecule has 0 amide bonds. The molecule has 1 saturated heterocycles. The van der Waals surface area contributed by atoms with Gasteiger partial charge >= 0.3 is 0 Å². The van der Waals surface area contributed by atoms with E-state index >= 15 is 0 Å². The minimum atomic E-state index is 0.293. The SMILES string of the molecule is COc1ccc(C2CCCN2CCOC(C)C)c(OC)c1. The van der Waals surface area contributed by atoms with Gasteiger partial charge in [0.1, 0.15) is 11.5 Å². The van der Waals surface area contributed by atoms with Crippen molar-refractivity contribution in [1.29, 1.82) is 0 Å². The number of hydrogen-bond acceptors (Lipinski definition) is 4. The van der Waals surface area contributed by atoms with Gasteiger partial charge in [0.2, 0.25) is 0 Å². The number of methoxy groups -OCH3 is 2. The predicted octanol–water partition coefficient (Wildman–Crippen LogP) is 3.27. The number of likely N-dealkylation sites (tertiary alicyclic amines) is 1.